The van der Waals surface area contributed by atoms with E-state index in [1.54, 1.807) is 22.9 Å². The summed E-state index contributed by atoms with van der Waals surface area (Å²) >= 11 is 6.11. The number of benzene rings is 1. The van der Waals surface area contributed by atoms with Crippen molar-refractivity contribution in [3.63, 3.8) is 0 Å². The maximum atomic E-state index is 10.6. The first kappa shape index (κ1) is 16.9. The zero-order valence-corrected chi connectivity index (χ0v) is 14.8. The summed E-state index contributed by atoms with van der Waals surface area (Å²) in [5.74, 6) is 0.339. The first-order chi connectivity index (χ1) is 13.0. The van der Waals surface area contributed by atoms with Gasteiger partial charge in [0.1, 0.15) is 42.2 Å². The summed E-state index contributed by atoms with van der Waals surface area (Å²) in [6, 6.07) is 7.25. The van der Waals surface area contributed by atoms with E-state index in [9.17, 15) is 10.2 Å². The molecule has 1 saturated heterocycles. The molecule has 0 radical (unpaired) electrons. The number of nitrogens with zero attached hydrogens (tertiary/aromatic N) is 3. The van der Waals surface area contributed by atoms with Crippen molar-refractivity contribution in [2.45, 2.75) is 37.3 Å². The van der Waals surface area contributed by atoms with Gasteiger partial charge in [-0.2, -0.15) is 0 Å². The molecule has 1 fully saturated rings. The molecule has 0 amide bonds. The highest BCUT2D eigenvalue weighted by molar-refractivity contribution is 6.30. The number of aliphatic hydroxyl groups excluding tert-OH is 2. The van der Waals surface area contributed by atoms with Crippen LogP contribution in [0.1, 0.15) is 23.5 Å². The lowest BCUT2D eigenvalue weighted by molar-refractivity contribution is -0.104. The largest absolute Gasteiger partial charge is 0.387 e. The van der Waals surface area contributed by atoms with Crippen LogP contribution in [0, 0.1) is 0 Å². The first-order valence-corrected chi connectivity index (χ1v) is 8.91. The molecule has 140 valence electrons. The summed E-state index contributed by atoms with van der Waals surface area (Å²) in [7, 11) is 0. The predicted octanol–water partition coefficient (Wildman–Crippen LogP) is 1.56. The van der Waals surface area contributed by atoms with Crippen LogP contribution in [0.3, 0.4) is 0 Å². The van der Waals surface area contributed by atoms with Crippen molar-refractivity contribution in [3.05, 3.63) is 52.9 Å². The maximum Gasteiger partial charge on any atom is 0.164 e. The normalized spacial score (nSPS) is 30.1. The Morgan fingerprint density at radius 2 is 2.04 bits per heavy atom. The molecule has 2 aliphatic heterocycles. The number of aliphatic hydroxyl groups is 2. The van der Waals surface area contributed by atoms with Gasteiger partial charge in [-0.25, -0.2) is 9.97 Å². The van der Waals surface area contributed by atoms with Crippen LogP contribution in [0.4, 0.5) is 5.82 Å². The maximum absolute atomic E-state index is 10.6. The molecule has 4 unspecified atom stereocenters. The lowest BCUT2D eigenvalue weighted by Gasteiger charge is -2.22. The number of fused-ring (bicyclic) bond motifs is 2. The van der Waals surface area contributed by atoms with Gasteiger partial charge < -0.3 is 30.0 Å². The minimum absolute atomic E-state index is 0.339. The molecule has 5 rings (SSSR count). The van der Waals surface area contributed by atoms with Crippen molar-refractivity contribution >= 4 is 28.5 Å². The fourth-order valence-corrected chi connectivity index (χ4v) is 4.05. The van der Waals surface area contributed by atoms with Crippen LogP contribution in [0.25, 0.3) is 11.0 Å². The van der Waals surface area contributed by atoms with Gasteiger partial charge in [0.2, 0.25) is 0 Å². The monoisotopic (exact) mass is 388 g/mol. The Balaban J connectivity index is 1.50. The Morgan fingerprint density at radius 1 is 1.19 bits per heavy atom. The first-order valence-electron chi connectivity index (χ1n) is 8.53. The summed E-state index contributed by atoms with van der Waals surface area (Å²) in [4.78, 5) is 8.19. The van der Waals surface area contributed by atoms with Gasteiger partial charge >= 0.3 is 0 Å². The molecule has 1 aromatic carbocycles. The second-order valence-corrected chi connectivity index (χ2v) is 7.20. The smallest absolute Gasteiger partial charge is 0.164 e. The predicted molar refractivity (Wildman–Crippen MR) is 96.8 cm³/mol. The van der Waals surface area contributed by atoms with E-state index < -0.39 is 30.6 Å². The molecular formula is C18H17ClN4O4. The molecule has 3 aromatic rings. The van der Waals surface area contributed by atoms with E-state index in [1.165, 1.54) is 6.33 Å². The highest BCUT2D eigenvalue weighted by atomic mass is 35.5. The standard InChI is InChI=1S/C18H17ClN4O4/c19-9-2-1-8-6-26-14(11(8)5-9)15-12(24)13(25)18(27-15)23-4-3-10-16(20)21-7-22-17(10)23/h1-5,7,12-15,18,24-25H,6H2,(H2,20,21,22)/t12?,13?,14-,15?,18?/m1/s1. The lowest BCUT2D eigenvalue weighted by Crippen LogP contribution is -2.34. The molecule has 9 heteroatoms. The summed E-state index contributed by atoms with van der Waals surface area (Å²) in [5.41, 5.74) is 8.25. The van der Waals surface area contributed by atoms with Crippen LogP contribution in [-0.4, -0.2) is 43.1 Å². The Kier molecular flexibility index (Phi) is 3.85. The minimum Gasteiger partial charge on any atom is -0.387 e. The average Bonchev–Trinajstić information content (AvgIpc) is 3.33. The van der Waals surface area contributed by atoms with Gasteiger partial charge in [-0.1, -0.05) is 17.7 Å². The lowest BCUT2D eigenvalue weighted by atomic mass is 9.97. The number of hydrogen-bond acceptors (Lipinski definition) is 7. The second kappa shape index (κ2) is 6.15. The quantitative estimate of drug-likeness (QED) is 0.610. The Labute approximate surface area is 159 Å². The third kappa shape index (κ3) is 2.53. The number of nitrogens with two attached hydrogens (primary N) is 1. The van der Waals surface area contributed by atoms with E-state index >= 15 is 0 Å². The molecule has 4 heterocycles. The highest BCUT2D eigenvalue weighted by Gasteiger charge is 2.49. The summed E-state index contributed by atoms with van der Waals surface area (Å²) in [6.07, 6.45) is -1.34. The van der Waals surface area contributed by atoms with E-state index in [2.05, 4.69) is 9.97 Å². The van der Waals surface area contributed by atoms with Crippen LogP contribution >= 0.6 is 11.6 Å². The number of ether oxygens (including phenoxy) is 2. The fraction of sp³-hybridized carbons (Fsp3) is 0.333. The van der Waals surface area contributed by atoms with Gasteiger partial charge in [0.05, 0.1) is 12.0 Å². The number of halogens is 1. The molecule has 2 aromatic heterocycles. The van der Waals surface area contributed by atoms with Crippen LogP contribution in [0.5, 0.6) is 0 Å². The molecule has 0 saturated carbocycles. The van der Waals surface area contributed by atoms with E-state index in [4.69, 9.17) is 26.8 Å². The average molecular weight is 389 g/mol. The van der Waals surface area contributed by atoms with Crippen molar-refractivity contribution in [1.29, 1.82) is 0 Å². The van der Waals surface area contributed by atoms with Gasteiger partial charge in [-0.05, 0) is 29.3 Å². The fourth-order valence-electron chi connectivity index (χ4n) is 3.86. The highest BCUT2D eigenvalue weighted by Crippen LogP contribution is 2.43. The molecule has 4 N–H and O–H groups in total. The molecule has 0 spiro atoms. The molecule has 8 nitrogen and oxygen atoms in total. The van der Waals surface area contributed by atoms with E-state index in [1.807, 2.05) is 12.1 Å². The zero-order valence-electron chi connectivity index (χ0n) is 14.1. The SMILES string of the molecule is Nc1ncnc2c1ccn2C1OC([C@@H]2OCc3ccc(Cl)cc32)C(O)C1O. The van der Waals surface area contributed by atoms with Crippen LogP contribution < -0.4 is 5.73 Å². The third-order valence-electron chi connectivity index (χ3n) is 5.22. The van der Waals surface area contributed by atoms with Gasteiger partial charge in [0, 0.05) is 11.2 Å². The van der Waals surface area contributed by atoms with Crippen molar-refractivity contribution in [1.82, 2.24) is 14.5 Å². The Morgan fingerprint density at radius 3 is 2.89 bits per heavy atom. The number of nitrogen functional groups attached to an aromatic ring is 1. The van der Waals surface area contributed by atoms with Gasteiger partial charge in [0.25, 0.3) is 0 Å². The van der Waals surface area contributed by atoms with E-state index in [0.29, 0.717) is 28.5 Å². The Hall–Kier alpha value is -2.23. The van der Waals surface area contributed by atoms with Crippen LogP contribution in [-0.2, 0) is 16.1 Å². The summed E-state index contributed by atoms with van der Waals surface area (Å²) in [6.45, 7) is 0.403. The van der Waals surface area contributed by atoms with Gasteiger partial charge in [0.15, 0.2) is 6.23 Å². The topological polar surface area (TPSA) is 116 Å². The van der Waals surface area contributed by atoms with Gasteiger partial charge in [-0.15, -0.1) is 0 Å². The third-order valence-corrected chi connectivity index (χ3v) is 5.46. The number of rotatable bonds is 2. The molecular weight excluding hydrogens is 372 g/mol. The molecule has 0 aliphatic carbocycles. The number of aromatic nitrogens is 3. The zero-order chi connectivity index (χ0) is 18.7. The van der Waals surface area contributed by atoms with Crippen LogP contribution in [0.15, 0.2) is 36.8 Å². The Bertz CT molecular complexity index is 1030. The van der Waals surface area contributed by atoms with Crippen molar-refractivity contribution < 1.29 is 19.7 Å². The summed E-state index contributed by atoms with van der Waals surface area (Å²) < 4.78 is 13.5. The second-order valence-electron chi connectivity index (χ2n) is 6.77. The van der Waals surface area contributed by atoms with Crippen LogP contribution in [0.2, 0.25) is 5.02 Å². The van der Waals surface area contributed by atoms with Crippen molar-refractivity contribution in [2.24, 2.45) is 0 Å². The van der Waals surface area contributed by atoms with Crippen molar-refractivity contribution in [2.75, 3.05) is 5.73 Å². The number of hydrogen-bond donors (Lipinski definition) is 3. The molecule has 5 atom stereocenters. The van der Waals surface area contributed by atoms with E-state index in [-0.39, 0.29) is 0 Å². The van der Waals surface area contributed by atoms with E-state index in [0.717, 1.165) is 11.1 Å². The summed E-state index contributed by atoms with van der Waals surface area (Å²) in [5, 5.41) is 22.5. The van der Waals surface area contributed by atoms with Crippen molar-refractivity contribution in [3.8, 4) is 0 Å². The minimum atomic E-state index is -1.16. The molecule has 27 heavy (non-hydrogen) atoms. The molecule has 0 bridgehead atoms. The van der Waals surface area contributed by atoms with Gasteiger partial charge in [-0.3, -0.25) is 0 Å². The number of anilines is 1. The molecule has 2 aliphatic rings.